The van der Waals surface area contributed by atoms with Crippen molar-refractivity contribution < 1.29 is 9.90 Å². The van der Waals surface area contributed by atoms with Gasteiger partial charge in [-0.3, -0.25) is 4.79 Å². The van der Waals surface area contributed by atoms with Gasteiger partial charge in [0, 0.05) is 5.56 Å². The van der Waals surface area contributed by atoms with Gasteiger partial charge >= 0.3 is 0 Å². The van der Waals surface area contributed by atoms with Crippen LogP contribution in [0.2, 0.25) is 0 Å². The maximum atomic E-state index is 10.9. The first-order valence-electron chi connectivity index (χ1n) is 5.25. The highest BCUT2D eigenvalue weighted by Crippen LogP contribution is 2.14. The molecule has 0 spiro atoms. The van der Waals surface area contributed by atoms with Crippen LogP contribution in [0.5, 0.6) is 0 Å². The van der Waals surface area contributed by atoms with Crippen LogP contribution < -0.4 is 5.73 Å². The first-order chi connectivity index (χ1) is 7.54. The Morgan fingerprint density at radius 2 is 1.94 bits per heavy atom. The topological polar surface area (TPSA) is 63.3 Å². The number of primary amides is 1. The molecule has 0 aromatic heterocycles. The third-order valence-corrected chi connectivity index (χ3v) is 2.47. The molecule has 0 saturated carbocycles. The summed E-state index contributed by atoms with van der Waals surface area (Å²) in [4.78, 5) is 10.9. The number of aliphatic hydroxyl groups is 1. The Hall–Kier alpha value is -1.61. The Kier molecular flexibility index (Phi) is 4.26. The van der Waals surface area contributed by atoms with Gasteiger partial charge < -0.3 is 10.8 Å². The van der Waals surface area contributed by atoms with E-state index in [-0.39, 0.29) is 6.61 Å². The molecule has 3 N–H and O–H groups in total. The van der Waals surface area contributed by atoms with E-state index in [2.05, 4.69) is 0 Å². The van der Waals surface area contributed by atoms with E-state index in [1.165, 1.54) is 0 Å². The van der Waals surface area contributed by atoms with Crippen LogP contribution in [0.3, 0.4) is 0 Å². The van der Waals surface area contributed by atoms with E-state index >= 15 is 0 Å². The number of rotatable bonds is 4. The highest BCUT2D eigenvalue weighted by Gasteiger charge is 2.02. The summed E-state index contributed by atoms with van der Waals surface area (Å²) in [7, 11) is 0. The lowest BCUT2D eigenvalue weighted by atomic mass is 10.0. The second-order valence-corrected chi connectivity index (χ2v) is 4.02. The predicted octanol–water partition coefficient (Wildman–Crippen LogP) is 1.82. The summed E-state index contributed by atoms with van der Waals surface area (Å²) < 4.78 is 0. The van der Waals surface area contributed by atoms with Crippen molar-refractivity contribution in [2.24, 2.45) is 11.7 Å². The van der Waals surface area contributed by atoms with Gasteiger partial charge in [-0.15, -0.1) is 0 Å². The number of nitrogens with two attached hydrogens (primary N) is 1. The van der Waals surface area contributed by atoms with Gasteiger partial charge in [0.25, 0.3) is 0 Å². The molecule has 16 heavy (non-hydrogen) atoms. The normalized spacial score (nSPS) is 11.9. The van der Waals surface area contributed by atoms with Crippen molar-refractivity contribution in [1.82, 2.24) is 0 Å². The highest BCUT2D eigenvalue weighted by molar-refractivity contribution is 5.92. The van der Waals surface area contributed by atoms with Crippen molar-refractivity contribution in [2.45, 2.75) is 13.8 Å². The average molecular weight is 219 g/mol. The molecule has 0 unspecified atom stereocenters. The molecule has 0 bridgehead atoms. The minimum absolute atomic E-state index is 0.0508. The van der Waals surface area contributed by atoms with E-state index in [4.69, 9.17) is 10.8 Å². The first kappa shape index (κ1) is 12.5. The predicted molar refractivity (Wildman–Crippen MR) is 64.9 cm³/mol. The molecule has 0 heterocycles. The lowest BCUT2D eigenvalue weighted by Crippen LogP contribution is -2.10. The Morgan fingerprint density at radius 1 is 1.38 bits per heavy atom. The molecule has 3 heteroatoms. The Balaban J connectivity index is 2.94. The van der Waals surface area contributed by atoms with Gasteiger partial charge in [-0.1, -0.05) is 32.1 Å². The number of aliphatic hydroxyl groups excluding tert-OH is 1. The molecule has 3 nitrogen and oxygen atoms in total. The number of hydrogen-bond donors (Lipinski definition) is 2. The maximum absolute atomic E-state index is 10.9. The largest absolute Gasteiger partial charge is 0.392 e. The Bertz CT molecular complexity index is 391. The SMILES string of the molecule is CC(C)C(=Cc1ccc(C(N)=O)cc1)CO. The van der Waals surface area contributed by atoms with Crippen LogP contribution in [-0.4, -0.2) is 17.6 Å². The first-order valence-corrected chi connectivity index (χ1v) is 5.25. The summed E-state index contributed by atoms with van der Waals surface area (Å²) in [6.45, 7) is 4.11. The van der Waals surface area contributed by atoms with Gasteiger partial charge in [0.1, 0.15) is 0 Å². The number of benzene rings is 1. The van der Waals surface area contributed by atoms with Crippen molar-refractivity contribution in [2.75, 3.05) is 6.61 Å². The number of amides is 1. The van der Waals surface area contributed by atoms with Crippen LogP contribution >= 0.6 is 0 Å². The lowest BCUT2D eigenvalue weighted by molar-refractivity contribution is 0.100. The minimum atomic E-state index is -0.429. The van der Waals surface area contributed by atoms with Crippen molar-refractivity contribution in [3.63, 3.8) is 0 Å². The van der Waals surface area contributed by atoms with Crippen molar-refractivity contribution in [3.05, 3.63) is 41.0 Å². The second-order valence-electron chi connectivity index (χ2n) is 4.02. The van der Waals surface area contributed by atoms with Gasteiger partial charge in [0.2, 0.25) is 5.91 Å². The summed E-state index contributed by atoms with van der Waals surface area (Å²) in [6, 6.07) is 7.00. The monoisotopic (exact) mass is 219 g/mol. The van der Waals surface area contributed by atoms with E-state index in [0.29, 0.717) is 11.5 Å². The molecule has 1 rings (SSSR count). The van der Waals surface area contributed by atoms with Crippen LogP contribution in [0.4, 0.5) is 0 Å². The molecule has 0 aliphatic carbocycles. The molecule has 0 aliphatic rings. The molecule has 1 aromatic rings. The third-order valence-electron chi connectivity index (χ3n) is 2.47. The zero-order valence-electron chi connectivity index (χ0n) is 9.60. The van der Waals surface area contributed by atoms with Crippen LogP contribution in [0.1, 0.15) is 29.8 Å². The molecular weight excluding hydrogens is 202 g/mol. The van der Waals surface area contributed by atoms with Gasteiger partial charge in [0.05, 0.1) is 6.61 Å². The van der Waals surface area contributed by atoms with E-state index in [9.17, 15) is 4.79 Å². The molecular formula is C13H17NO2. The van der Waals surface area contributed by atoms with E-state index < -0.39 is 5.91 Å². The fourth-order valence-corrected chi connectivity index (χ4v) is 1.35. The summed E-state index contributed by atoms with van der Waals surface area (Å²) >= 11 is 0. The summed E-state index contributed by atoms with van der Waals surface area (Å²) in [5.74, 6) is -0.123. The van der Waals surface area contributed by atoms with Crippen molar-refractivity contribution in [1.29, 1.82) is 0 Å². The van der Waals surface area contributed by atoms with E-state index in [0.717, 1.165) is 11.1 Å². The molecule has 0 saturated heterocycles. The van der Waals surface area contributed by atoms with Crippen molar-refractivity contribution in [3.8, 4) is 0 Å². The quantitative estimate of drug-likeness (QED) is 0.811. The Labute approximate surface area is 95.6 Å². The van der Waals surface area contributed by atoms with E-state index in [1.54, 1.807) is 12.1 Å². The smallest absolute Gasteiger partial charge is 0.248 e. The van der Waals surface area contributed by atoms with Gasteiger partial charge in [-0.05, 0) is 29.2 Å². The fraction of sp³-hybridized carbons (Fsp3) is 0.308. The molecule has 0 fully saturated rings. The minimum Gasteiger partial charge on any atom is -0.392 e. The summed E-state index contributed by atoms with van der Waals surface area (Å²) in [6.07, 6.45) is 1.93. The van der Waals surface area contributed by atoms with Crippen LogP contribution in [0, 0.1) is 5.92 Å². The summed E-state index contributed by atoms with van der Waals surface area (Å²) in [5.41, 5.74) is 7.56. The maximum Gasteiger partial charge on any atom is 0.248 e. The Morgan fingerprint density at radius 3 is 2.31 bits per heavy atom. The molecule has 86 valence electrons. The molecule has 0 aliphatic heterocycles. The molecule has 1 amide bonds. The zero-order chi connectivity index (χ0) is 12.1. The average Bonchev–Trinajstić information content (AvgIpc) is 2.26. The van der Waals surface area contributed by atoms with E-state index in [1.807, 2.05) is 32.1 Å². The molecule has 0 atom stereocenters. The zero-order valence-corrected chi connectivity index (χ0v) is 9.60. The summed E-state index contributed by atoms with van der Waals surface area (Å²) in [5, 5.41) is 9.16. The van der Waals surface area contributed by atoms with Crippen LogP contribution in [0.25, 0.3) is 6.08 Å². The lowest BCUT2D eigenvalue weighted by Gasteiger charge is -2.08. The number of carbonyl (C=O) groups is 1. The fourth-order valence-electron chi connectivity index (χ4n) is 1.35. The molecule has 0 radical (unpaired) electrons. The number of carbonyl (C=O) groups excluding carboxylic acids is 1. The number of hydrogen-bond acceptors (Lipinski definition) is 2. The van der Waals surface area contributed by atoms with Crippen LogP contribution in [0.15, 0.2) is 29.8 Å². The highest BCUT2D eigenvalue weighted by atomic mass is 16.3. The van der Waals surface area contributed by atoms with Crippen LogP contribution in [-0.2, 0) is 0 Å². The standard InChI is InChI=1S/C13H17NO2/c1-9(2)12(8-15)7-10-3-5-11(6-4-10)13(14)16/h3-7,9,15H,8H2,1-2H3,(H2,14,16). The third kappa shape index (κ3) is 3.21. The molecule has 1 aromatic carbocycles. The van der Waals surface area contributed by atoms with Gasteiger partial charge in [0.15, 0.2) is 0 Å². The van der Waals surface area contributed by atoms with Crippen molar-refractivity contribution >= 4 is 12.0 Å². The second kappa shape index (κ2) is 5.47. The van der Waals surface area contributed by atoms with Gasteiger partial charge in [-0.2, -0.15) is 0 Å². The van der Waals surface area contributed by atoms with Gasteiger partial charge in [-0.25, -0.2) is 0 Å².